The third-order valence-electron chi connectivity index (χ3n) is 17.1. The molecule has 0 aliphatic heterocycles. The van der Waals surface area contributed by atoms with Gasteiger partial charge in [0.1, 0.15) is 36.1 Å². The Morgan fingerprint density at radius 2 is 0.648 bits per heavy atom. The summed E-state index contributed by atoms with van der Waals surface area (Å²) in [6.07, 6.45) is 1.89. The summed E-state index contributed by atoms with van der Waals surface area (Å²) in [5.74, 6) is 1.90. The molecule has 19 heteroatoms. The standard InChI is InChI=1S/C72H92N12O4S3/c1-13-79(14-2)51-29-33-59-60-34-30-52(80(15-3)16-4)38-64(60)69(63(59)37-51)75-73-43-49-25-27-55(83(21-9)22-10)41-67(49)87-45-57(85)47-89-71-77-78-72(91-71)90-48-58(86)46-88-68-42-56(84(23-11)24-12)28-26-50(68)44-74-76-70-65-39-53(81(17-5)18-6)31-35-61(65)62-36-32-54(40-66(62)70)82(19-7)20-8/h25-44,57-58,85-86H,13-24,45-48H2,1-12H3/b73-43+,74-44+. The van der Waals surface area contributed by atoms with Gasteiger partial charge in [0.2, 0.25) is 0 Å². The van der Waals surface area contributed by atoms with Crippen molar-refractivity contribution >= 4 is 92.8 Å². The second-order valence-electron chi connectivity index (χ2n) is 22.2. The lowest BCUT2D eigenvalue weighted by Gasteiger charge is -2.22. The zero-order chi connectivity index (χ0) is 64.6. The van der Waals surface area contributed by atoms with E-state index >= 15 is 0 Å². The van der Waals surface area contributed by atoms with Gasteiger partial charge in [-0.05, 0) is 178 Å². The van der Waals surface area contributed by atoms with E-state index in [1.54, 1.807) is 12.4 Å². The van der Waals surface area contributed by atoms with Gasteiger partial charge in [-0.3, -0.25) is 0 Å². The first-order chi connectivity index (χ1) is 44.4. The Labute approximate surface area is 552 Å². The summed E-state index contributed by atoms with van der Waals surface area (Å²) in [6.45, 7) is 36.7. The number of ether oxygens (including phenoxy) is 2. The van der Waals surface area contributed by atoms with Crippen molar-refractivity contribution in [3.05, 3.63) is 143 Å². The monoisotopic (exact) mass is 1280 g/mol. The molecule has 0 fully saturated rings. The summed E-state index contributed by atoms with van der Waals surface area (Å²) in [4.78, 5) is 13.9. The van der Waals surface area contributed by atoms with Gasteiger partial charge in [-0.15, -0.1) is 20.4 Å². The fourth-order valence-electron chi connectivity index (χ4n) is 12.0. The largest absolute Gasteiger partial charge is 0.490 e. The van der Waals surface area contributed by atoms with Crippen LogP contribution in [0.5, 0.6) is 11.5 Å². The van der Waals surface area contributed by atoms with Crippen molar-refractivity contribution in [3.63, 3.8) is 0 Å². The van der Waals surface area contributed by atoms with E-state index in [9.17, 15) is 10.2 Å². The Hall–Kier alpha value is -7.42. The molecule has 0 saturated heterocycles. The topological polar surface area (TPSA) is 154 Å². The zero-order valence-electron chi connectivity index (χ0n) is 55.3. The summed E-state index contributed by atoms with van der Waals surface area (Å²) in [5, 5.41) is 51.1. The summed E-state index contributed by atoms with van der Waals surface area (Å²) >= 11 is 4.28. The van der Waals surface area contributed by atoms with E-state index in [4.69, 9.17) is 29.9 Å². The van der Waals surface area contributed by atoms with E-state index in [1.807, 2.05) is 24.3 Å². The number of aliphatic hydroxyl groups is 2. The van der Waals surface area contributed by atoms with E-state index < -0.39 is 12.2 Å². The van der Waals surface area contributed by atoms with Crippen molar-refractivity contribution in [3.8, 4) is 33.8 Å². The average molecular weight is 1290 g/mol. The molecule has 0 amide bonds. The number of benzene rings is 6. The lowest BCUT2D eigenvalue weighted by atomic mass is 10.0. The van der Waals surface area contributed by atoms with Crippen molar-refractivity contribution in [1.29, 1.82) is 0 Å². The molecule has 16 nitrogen and oxygen atoms in total. The molecule has 2 aliphatic carbocycles. The number of hydrogen-bond acceptors (Lipinski definition) is 19. The molecule has 1 heterocycles. The first-order valence-electron chi connectivity index (χ1n) is 32.7. The Bertz CT molecular complexity index is 3320. The minimum atomic E-state index is -0.812. The summed E-state index contributed by atoms with van der Waals surface area (Å²) in [7, 11) is 0. The van der Waals surface area contributed by atoms with Crippen molar-refractivity contribution in [1.82, 2.24) is 10.2 Å². The van der Waals surface area contributed by atoms with Crippen LogP contribution in [0.2, 0.25) is 0 Å². The first-order valence-corrected chi connectivity index (χ1v) is 35.5. The van der Waals surface area contributed by atoms with E-state index in [1.165, 1.54) is 34.9 Å². The molecule has 0 saturated carbocycles. The van der Waals surface area contributed by atoms with Gasteiger partial charge in [0.15, 0.2) is 8.68 Å². The van der Waals surface area contributed by atoms with Crippen LogP contribution in [0.15, 0.2) is 138 Å². The van der Waals surface area contributed by atoms with Gasteiger partial charge in [-0.2, -0.15) is 10.2 Å². The summed E-state index contributed by atoms with van der Waals surface area (Å²) in [5.41, 5.74) is 18.7. The maximum Gasteiger partial charge on any atom is 0.175 e. The number of thioether (sulfide) groups is 2. The Morgan fingerprint density at radius 1 is 0.385 bits per heavy atom. The number of anilines is 6. The molecule has 0 radical (unpaired) electrons. The normalized spacial score (nSPS) is 12.9. The second-order valence-corrected chi connectivity index (χ2v) is 25.7. The van der Waals surface area contributed by atoms with Crippen LogP contribution in [0.4, 0.5) is 34.1 Å². The quantitative estimate of drug-likeness (QED) is 0.0223. The number of nitrogens with zero attached hydrogens (tertiary/aromatic N) is 12. The van der Waals surface area contributed by atoms with Gasteiger partial charge in [-0.1, -0.05) is 59.1 Å². The fourth-order valence-corrected chi connectivity index (χ4v) is 14.9. The Kier molecular flexibility index (Phi) is 24.4. The Morgan fingerprint density at radius 3 is 0.923 bits per heavy atom. The highest BCUT2D eigenvalue weighted by Crippen LogP contribution is 2.43. The summed E-state index contributed by atoms with van der Waals surface area (Å²) in [6, 6.07) is 38.9. The molecule has 482 valence electrons. The van der Waals surface area contributed by atoms with Crippen LogP contribution >= 0.6 is 34.9 Å². The van der Waals surface area contributed by atoms with Gasteiger partial charge in [0, 0.05) is 170 Å². The summed E-state index contributed by atoms with van der Waals surface area (Å²) < 4.78 is 14.3. The van der Waals surface area contributed by atoms with Gasteiger partial charge in [0.05, 0.1) is 24.6 Å². The van der Waals surface area contributed by atoms with E-state index in [0.717, 1.165) is 180 Å². The number of hydrogen-bond donors (Lipinski definition) is 2. The smallest absolute Gasteiger partial charge is 0.175 e. The SMILES string of the molecule is CCN(CC)c1ccc(/C=N/N=C2c3cc(N(CC)CC)ccc3-c3ccc(N(CC)CC)cc32)c(OCC(O)CSc2nnc(SCC(O)COc3cc(N(CC)CC)ccc3/C=N/N=C3c4cc(N(CC)CC)ccc4-c4ccc(N(CC)CC)cc43)s2)c1. The molecule has 91 heavy (non-hydrogen) atoms. The fraction of sp³-hybridized carbons (Fsp3) is 0.417. The van der Waals surface area contributed by atoms with Crippen molar-refractivity contribution in [2.45, 2.75) is 104 Å². The molecule has 2 N–H and O–H groups in total. The number of aromatic nitrogens is 2. The lowest BCUT2D eigenvalue weighted by Crippen LogP contribution is -2.23. The van der Waals surface area contributed by atoms with Gasteiger partial charge >= 0.3 is 0 Å². The molecular weight excluding hydrogens is 1190 g/mol. The van der Waals surface area contributed by atoms with Crippen LogP contribution in [-0.2, 0) is 0 Å². The molecule has 6 aromatic carbocycles. The van der Waals surface area contributed by atoms with E-state index in [0.29, 0.717) is 31.7 Å². The highest BCUT2D eigenvalue weighted by Gasteiger charge is 2.29. The molecule has 2 atom stereocenters. The first kappa shape index (κ1) is 68.0. The average Bonchev–Trinajstić information content (AvgIpc) is 1.62. The van der Waals surface area contributed by atoms with Crippen LogP contribution in [0.3, 0.4) is 0 Å². The van der Waals surface area contributed by atoms with Crippen LogP contribution in [0.25, 0.3) is 22.3 Å². The lowest BCUT2D eigenvalue weighted by molar-refractivity contribution is 0.126. The highest BCUT2D eigenvalue weighted by molar-refractivity contribution is 8.03. The second kappa shape index (κ2) is 32.7. The molecule has 2 unspecified atom stereocenters. The van der Waals surface area contributed by atoms with Crippen LogP contribution in [0.1, 0.15) is 116 Å². The molecule has 0 bridgehead atoms. The van der Waals surface area contributed by atoms with E-state index in [-0.39, 0.29) is 13.2 Å². The zero-order valence-corrected chi connectivity index (χ0v) is 57.8. The van der Waals surface area contributed by atoms with Gasteiger partial charge < -0.3 is 49.1 Å². The number of aliphatic hydroxyl groups excluding tert-OH is 2. The predicted molar refractivity (Wildman–Crippen MR) is 389 cm³/mol. The minimum absolute atomic E-state index is 0.0539. The van der Waals surface area contributed by atoms with Gasteiger partial charge in [0.25, 0.3) is 0 Å². The predicted octanol–water partition coefficient (Wildman–Crippen LogP) is 14.4. The minimum Gasteiger partial charge on any atom is -0.490 e. The molecule has 7 aromatic rings. The maximum absolute atomic E-state index is 11.4. The Balaban J connectivity index is 0.848. The van der Waals surface area contributed by atoms with Crippen LogP contribution in [0, 0.1) is 0 Å². The molecule has 2 aliphatic rings. The molecule has 1 aromatic heterocycles. The third kappa shape index (κ3) is 15.9. The molecule has 9 rings (SSSR count). The van der Waals surface area contributed by atoms with Crippen LogP contribution < -0.4 is 38.9 Å². The highest BCUT2D eigenvalue weighted by atomic mass is 32.2. The molecule has 0 spiro atoms. The van der Waals surface area contributed by atoms with E-state index in [2.05, 4.69) is 208 Å². The van der Waals surface area contributed by atoms with Crippen molar-refractivity contribution in [2.24, 2.45) is 20.4 Å². The van der Waals surface area contributed by atoms with Crippen LogP contribution in [-0.4, -0.2) is 160 Å². The van der Waals surface area contributed by atoms with Crippen molar-refractivity contribution < 1.29 is 19.7 Å². The van der Waals surface area contributed by atoms with Gasteiger partial charge in [-0.25, -0.2) is 0 Å². The third-order valence-corrected chi connectivity index (χ3v) is 20.6. The number of rotatable bonds is 34. The maximum atomic E-state index is 11.4. The van der Waals surface area contributed by atoms with Crippen molar-refractivity contribution in [2.75, 3.05) is 133 Å². The molecular formula is C72H92N12O4S3. The number of fused-ring (bicyclic) bond motifs is 6.